The van der Waals surface area contributed by atoms with E-state index in [0.717, 1.165) is 13.2 Å². The van der Waals surface area contributed by atoms with Gasteiger partial charge in [-0.25, -0.2) is 0 Å². The summed E-state index contributed by atoms with van der Waals surface area (Å²) in [5.74, 6) is 0. The van der Waals surface area contributed by atoms with E-state index in [4.69, 9.17) is 10.5 Å². The molecule has 1 aliphatic heterocycles. The number of nitrogens with one attached hydrogen (secondary N) is 1. The monoisotopic (exact) mass is 130 g/mol. The van der Waals surface area contributed by atoms with Crippen LogP contribution in [0.25, 0.3) is 0 Å². The number of morpholine rings is 1. The SMILES string of the molecule is CC1OCCNC1CN. The molecule has 2 unspecified atom stereocenters. The first kappa shape index (κ1) is 6.99. The smallest absolute Gasteiger partial charge is 0.0712 e. The van der Waals surface area contributed by atoms with Gasteiger partial charge in [0.2, 0.25) is 0 Å². The summed E-state index contributed by atoms with van der Waals surface area (Å²) in [6, 6.07) is 0.360. The molecule has 0 aromatic rings. The van der Waals surface area contributed by atoms with Crippen molar-refractivity contribution in [2.75, 3.05) is 19.7 Å². The van der Waals surface area contributed by atoms with E-state index in [1.54, 1.807) is 0 Å². The molecule has 1 saturated heterocycles. The fourth-order valence-electron chi connectivity index (χ4n) is 1.05. The second-order valence-corrected chi connectivity index (χ2v) is 2.37. The van der Waals surface area contributed by atoms with Crippen molar-refractivity contribution in [1.29, 1.82) is 0 Å². The maximum absolute atomic E-state index is 5.45. The first-order valence-corrected chi connectivity index (χ1v) is 3.39. The van der Waals surface area contributed by atoms with Gasteiger partial charge >= 0.3 is 0 Å². The number of ether oxygens (including phenoxy) is 1. The van der Waals surface area contributed by atoms with Crippen LogP contribution in [0.15, 0.2) is 0 Å². The molecule has 3 nitrogen and oxygen atoms in total. The normalized spacial score (nSPS) is 36.7. The van der Waals surface area contributed by atoms with Crippen molar-refractivity contribution in [2.24, 2.45) is 5.73 Å². The average Bonchev–Trinajstić information content (AvgIpc) is 1.89. The van der Waals surface area contributed by atoms with Gasteiger partial charge in [-0.3, -0.25) is 0 Å². The van der Waals surface area contributed by atoms with Crippen molar-refractivity contribution in [3.8, 4) is 0 Å². The predicted molar refractivity (Wildman–Crippen MR) is 36.3 cm³/mol. The third-order valence-corrected chi connectivity index (χ3v) is 1.71. The standard InChI is InChI=1S/C6H14N2O/c1-5-6(4-7)8-2-3-9-5/h5-6,8H,2-4,7H2,1H3. The van der Waals surface area contributed by atoms with Crippen LogP contribution in [0.5, 0.6) is 0 Å². The molecule has 1 rings (SSSR count). The highest BCUT2D eigenvalue weighted by Gasteiger charge is 2.18. The molecule has 1 heterocycles. The van der Waals surface area contributed by atoms with E-state index in [-0.39, 0.29) is 6.10 Å². The summed E-state index contributed by atoms with van der Waals surface area (Å²) in [5, 5.41) is 3.27. The second kappa shape index (κ2) is 3.15. The Morgan fingerprint density at radius 3 is 3.00 bits per heavy atom. The van der Waals surface area contributed by atoms with Gasteiger partial charge in [0.25, 0.3) is 0 Å². The summed E-state index contributed by atoms with van der Waals surface area (Å²) >= 11 is 0. The van der Waals surface area contributed by atoms with E-state index in [0.29, 0.717) is 12.6 Å². The molecule has 3 N–H and O–H groups in total. The van der Waals surface area contributed by atoms with E-state index in [1.165, 1.54) is 0 Å². The number of rotatable bonds is 1. The molecule has 0 aliphatic carbocycles. The molecule has 0 spiro atoms. The highest BCUT2D eigenvalue weighted by Crippen LogP contribution is 2.00. The van der Waals surface area contributed by atoms with Crippen LogP contribution in [0.2, 0.25) is 0 Å². The molecule has 0 radical (unpaired) electrons. The Hall–Kier alpha value is -0.120. The van der Waals surface area contributed by atoms with Gasteiger partial charge in [0.15, 0.2) is 0 Å². The first-order chi connectivity index (χ1) is 4.34. The zero-order valence-electron chi connectivity index (χ0n) is 5.76. The molecule has 1 fully saturated rings. The lowest BCUT2D eigenvalue weighted by Crippen LogP contribution is -2.50. The minimum absolute atomic E-state index is 0.281. The van der Waals surface area contributed by atoms with Crippen LogP contribution in [0, 0.1) is 0 Å². The van der Waals surface area contributed by atoms with Gasteiger partial charge in [-0.15, -0.1) is 0 Å². The van der Waals surface area contributed by atoms with Crippen LogP contribution < -0.4 is 11.1 Å². The summed E-state index contributed by atoms with van der Waals surface area (Å²) in [5.41, 5.74) is 5.45. The molecule has 0 aromatic carbocycles. The van der Waals surface area contributed by atoms with Gasteiger partial charge in [0.05, 0.1) is 12.7 Å². The molecule has 2 atom stereocenters. The van der Waals surface area contributed by atoms with Crippen LogP contribution in [0.1, 0.15) is 6.92 Å². The van der Waals surface area contributed by atoms with Gasteiger partial charge in [-0.2, -0.15) is 0 Å². The summed E-state index contributed by atoms with van der Waals surface area (Å²) in [6.07, 6.45) is 0.281. The van der Waals surface area contributed by atoms with Crippen molar-refractivity contribution >= 4 is 0 Å². The molecule has 1 aliphatic rings. The van der Waals surface area contributed by atoms with Crippen LogP contribution in [0.4, 0.5) is 0 Å². The number of nitrogens with two attached hydrogens (primary N) is 1. The minimum atomic E-state index is 0.281. The molecule has 0 bridgehead atoms. The highest BCUT2D eigenvalue weighted by atomic mass is 16.5. The fraction of sp³-hybridized carbons (Fsp3) is 1.00. The topological polar surface area (TPSA) is 47.3 Å². The summed E-state index contributed by atoms with van der Waals surface area (Å²) < 4.78 is 5.34. The molecule has 0 aromatic heterocycles. The highest BCUT2D eigenvalue weighted by molar-refractivity contribution is 4.77. The molecular formula is C6H14N2O. The second-order valence-electron chi connectivity index (χ2n) is 2.37. The Morgan fingerprint density at radius 1 is 1.78 bits per heavy atom. The van der Waals surface area contributed by atoms with Crippen molar-refractivity contribution < 1.29 is 4.74 Å². The summed E-state index contributed by atoms with van der Waals surface area (Å²) in [4.78, 5) is 0. The lowest BCUT2D eigenvalue weighted by molar-refractivity contribution is 0.0108. The summed E-state index contributed by atoms with van der Waals surface area (Å²) in [7, 11) is 0. The molecule has 0 amide bonds. The van der Waals surface area contributed by atoms with Crippen LogP contribution in [-0.4, -0.2) is 31.8 Å². The van der Waals surface area contributed by atoms with Crippen molar-refractivity contribution in [3.63, 3.8) is 0 Å². The molecule has 54 valence electrons. The third kappa shape index (κ3) is 1.64. The van der Waals surface area contributed by atoms with E-state index in [2.05, 4.69) is 5.32 Å². The lowest BCUT2D eigenvalue weighted by atomic mass is 10.1. The Morgan fingerprint density at radius 2 is 2.56 bits per heavy atom. The van der Waals surface area contributed by atoms with Crippen LogP contribution in [-0.2, 0) is 4.74 Å². The first-order valence-electron chi connectivity index (χ1n) is 3.39. The molecule has 0 saturated carbocycles. The quantitative estimate of drug-likeness (QED) is 0.494. The largest absolute Gasteiger partial charge is 0.376 e. The molecule has 9 heavy (non-hydrogen) atoms. The van der Waals surface area contributed by atoms with Gasteiger partial charge in [-0.1, -0.05) is 0 Å². The van der Waals surface area contributed by atoms with Crippen molar-refractivity contribution in [1.82, 2.24) is 5.32 Å². The Kier molecular flexibility index (Phi) is 2.45. The van der Waals surface area contributed by atoms with Gasteiger partial charge in [0.1, 0.15) is 0 Å². The maximum atomic E-state index is 5.45. The Labute approximate surface area is 55.6 Å². The van der Waals surface area contributed by atoms with Gasteiger partial charge < -0.3 is 15.8 Å². The zero-order chi connectivity index (χ0) is 6.69. The van der Waals surface area contributed by atoms with Crippen molar-refractivity contribution in [3.05, 3.63) is 0 Å². The minimum Gasteiger partial charge on any atom is -0.376 e. The van der Waals surface area contributed by atoms with Gasteiger partial charge in [0, 0.05) is 19.1 Å². The lowest BCUT2D eigenvalue weighted by Gasteiger charge is -2.28. The summed E-state index contributed by atoms with van der Waals surface area (Å²) in [6.45, 7) is 4.47. The Balaban J connectivity index is 2.30. The molecular weight excluding hydrogens is 116 g/mol. The van der Waals surface area contributed by atoms with Crippen LogP contribution in [0.3, 0.4) is 0 Å². The fourth-order valence-corrected chi connectivity index (χ4v) is 1.05. The average molecular weight is 130 g/mol. The predicted octanol–water partition coefficient (Wildman–Crippen LogP) is -0.678. The molecule has 3 heteroatoms. The zero-order valence-corrected chi connectivity index (χ0v) is 5.76. The third-order valence-electron chi connectivity index (χ3n) is 1.71. The van der Waals surface area contributed by atoms with E-state index in [9.17, 15) is 0 Å². The maximum Gasteiger partial charge on any atom is 0.0712 e. The number of hydrogen-bond acceptors (Lipinski definition) is 3. The Bertz CT molecular complexity index is 87.1. The van der Waals surface area contributed by atoms with E-state index in [1.807, 2.05) is 6.92 Å². The van der Waals surface area contributed by atoms with Gasteiger partial charge in [-0.05, 0) is 6.92 Å². The van der Waals surface area contributed by atoms with Crippen molar-refractivity contribution in [2.45, 2.75) is 19.1 Å². The van der Waals surface area contributed by atoms with E-state index >= 15 is 0 Å². The number of hydrogen-bond donors (Lipinski definition) is 2. The van der Waals surface area contributed by atoms with E-state index < -0.39 is 0 Å². The van der Waals surface area contributed by atoms with Crippen LogP contribution >= 0.6 is 0 Å².